The minimum Gasteiger partial charge on any atom is -0.489 e. The van der Waals surface area contributed by atoms with Gasteiger partial charge in [-0.3, -0.25) is 10.2 Å². The molecule has 5 heteroatoms. The molecule has 1 aromatic rings. The van der Waals surface area contributed by atoms with E-state index in [0.29, 0.717) is 30.3 Å². The Morgan fingerprint density at radius 3 is 2.59 bits per heavy atom. The van der Waals surface area contributed by atoms with Crippen LogP contribution in [0.15, 0.2) is 18.2 Å². The Hall–Kier alpha value is -1.75. The van der Waals surface area contributed by atoms with E-state index >= 15 is 0 Å². The predicted octanol–water partition coefficient (Wildman–Crippen LogP) is 0.841. The number of hydrazine groups is 1. The molecule has 5 nitrogen and oxygen atoms in total. The van der Waals surface area contributed by atoms with Gasteiger partial charge in [0.05, 0.1) is 13.2 Å². The van der Waals surface area contributed by atoms with Crippen LogP contribution in [0.1, 0.15) is 23.2 Å². The Kier molecular flexibility index (Phi) is 2.22. The number of hydrogen-bond acceptors (Lipinski definition) is 4. The number of hydrogen-bond donors (Lipinski definition) is 2. The van der Waals surface area contributed by atoms with Gasteiger partial charge in [-0.05, 0) is 31.0 Å². The number of benzene rings is 1. The summed E-state index contributed by atoms with van der Waals surface area (Å²) in [6.45, 7) is 1.36. The van der Waals surface area contributed by atoms with Crippen molar-refractivity contribution in [3.63, 3.8) is 0 Å². The molecule has 0 atom stereocenters. The zero-order valence-electron chi connectivity index (χ0n) is 9.36. The summed E-state index contributed by atoms with van der Waals surface area (Å²) in [5.74, 6) is 6.08. The standard InChI is InChI=1S/C12H14N2O3/c13-14-11(15)8-1-2-9-10(5-8)17-7-12(3-4-12)6-16-9/h1-2,5H,3-4,6-7,13H2,(H,14,15). The SMILES string of the molecule is NNC(=O)c1ccc2c(c1)OCC1(CC1)CO2. The molecule has 1 saturated carbocycles. The number of nitrogen functional groups attached to an aromatic ring is 1. The molecular formula is C12H14N2O3. The van der Waals surface area contributed by atoms with Crippen LogP contribution in [0.2, 0.25) is 0 Å². The Morgan fingerprint density at radius 1 is 1.24 bits per heavy atom. The molecule has 1 aromatic carbocycles. The zero-order chi connectivity index (χ0) is 11.9. The summed E-state index contributed by atoms with van der Waals surface area (Å²) in [5.41, 5.74) is 2.77. The van der Waals surface area contributed by atoms with Crippen LogP contribution < -0.4 is 20.7 Å². The van der Waals surface area contributed by atoms with Crippen molar-refractivity contribution < 1.29 is 14.3 Å². The van der Waals surface area contributed by atoms with Crippen LogP contribution in [-0.4, -0.2) is 19.1 Å². The molecule has 17 heavy (non-hydrogen) atoms. The Balaban J connectivity index is 1.88. The number of carbonyl (C=O) groups is 1. The molecular weight excluding hydrogens is 220 g/mol. The van der Waals surface area contributed by atoms with Crippen molar-refractivity contribution in [3.8, 4) is 11.5 Å². The second-order valence-electron chi connectivity index (χ2n) is 4.71. The highest BCUT2D eigenvalue weighted by Crippen LogP contribution is 2.49. The molecule has 1 aliphatic heterocycles. The Labute approximate surface area is 98.9 Å². The molecule has 1 amide bonds. The quantitative estimate of drug-likeness (QED) is 0.429. The average Bonchev–Trinajstić information content (AvgIpc) is 3.16. The molecule has 1 heterocycles. The Bertz CT molecular complexity index is 469. The van der Waals surface area contributed by atoms with Crippen LogP contribution in [0.5, 0.6) is 11.5 Å². The van der Waals surface area contributed by atoms with Gasteiger partial charge in [0, 0.05) is 11.0 Å². The molecule has 2 aliphatic rings. The minimum atomic E-state index is -0.332. The second kappa shape index (κ2) is 3.63. The summed E-state index contributed by atoms with van der Waals surface area (Å²) in [5, 5.41) is 0. The first-order valence-electron chi connectivity index (χ1n) is 5.63. The highest BCUT2D eigenvalue weighted by molar-refractivity contribution is 5.94. The van der Waals surface area contributed by atoms with Crippen LogP contribution in [-0.2, 0) is 0 Å². The molecule has 0 radical (unpaired) electrons. The first-order valence-corrected chi connectivity index (χ1v) is 5.63. The van der Waals surface area contributed by atoms with Crippen molar-refractivity contribution in [2.75, 3.05) is 13.2 Å². The first-order chi connectivity index (χ1) is 8.22. The monoisotopic (exact) mass is 234 g/mol. The van der Waals surface area contributed by atoms with Gasteiger partial charge < -0.3 is 9.47 Å². The van der Waals surface area contributed by atoms with Crippen molar-refractivity contribution >= 4 is 5.91 Å². The average molecular weight is 234 g/mol. The molecule has 0 unspecified atom stereocenters. The van der Waals surface area contributed by atoms with Gasteiger partial charge in [-0.15, -0.1) is 0 Å². The van der Waals surface area contributed by atoms with E-state index in [4.69, 9.17) is 15.3 Å². The number of fused-ring (bicyclic) bond motifs is 1. The fourth-order valence-electron chi connectivity index (χ4n) is 1.93. The predicted molar refractivity (Wildman–Crippen MR) is 60.8 cm³/mol. The highest BCUT2D eigenvalue weighted by Gasteiger charge is 2.46. The lowest BCUT2D eigenvalue weighted by molar-refractivity contribution is 0.0953. The lowest BCUT2D eigenvalue weighted by Crippen LogP contribution is -2.29. The van der Waals surface area contributed by atoms with E-state index in [1.807, 2.05) is 0 Å². The highest BCUT2D eigenvalue weighted by atomic mass is 16.5. The molecule has 0 aromatic heterocycles. The van der Waals surface area contributed by atoms with Gasteiger partial charge in [-0.2, -0.15) is 0 Å². The lowest BCUT2D eigenvalue weighted by atomic mass is 10.1. The zero-order valence-corrected chi connectivity index (χ0v) is 9.36. The van der Waals surface area contributed by atoms with E-state index in [0.717, 1.165) is 12.8 Å². The lowest BCUT2D eigenvalue weighted by Gasteiger charge is -2.08. The van der Waals surface area contributed by atoms with E-state index in [1.165, 1.54) is 0 Å². The van der Waals surface area contributed by atoms with Gasteiger partial charge in [0.15, 0.2) is 11.5 Å². The first kappa shape index (κ1) is 10.4. The van der Waals surface area contributed by atoms with Gasteiger partial charge in [0.25, 0.3) is 5.91 Å². The summed E-state index contributed by atoms with van der Waals surface area (Å²) in [4.78, 5) is 11.4. The summed E-state index contributed by atoms with van der Waals surface area (Å²) in [6.07, 6.45) is 2.30. The third-order valence-corrected chi connectivity index (χ3v) is 3.36. The molecule has 1 fully saturated rings. The Morgan fingerprint density at radius 2 is 1.94 bits per heavy atom. The van der Waals surface area contributed by atoms with Crippen LogP contribution in [0, 0.1) is 5.41 Å². The van der Waals surface area contributed by atoms with Crippen LogP contribution in [0.25, 0.3) is 0 Å². The van der Waals surface area contributed by atoms with Gasteiger partial charge >= 0.3 is 0 Å². The van der Waals surface area contributed by atoms with E-state index < -0.39 is 0 Å². The fraction of sp³-hybridized carbons (Fsp3) is 0.417. The molecule has 1 spiro atoms. The maximum Gasteiger partial charge on any atom is 0.265 e. The molecule has 0 saturated heterocycles. The maximum absolute atomic E-state index is 11.4. The smallest absolute Gasteiger partial charge is 0.265 e. The second-order valence-corrected chi connectivity index (χ2v) is 4.71. The van der Waals surface area contributed by atoms with E-state index in [-0.39, 0.29) is 11.3 Å². The largest absolute Gasteiger partial charge is 0.489 e. The van der Waals surface area contributed by atoms with Crippen LogP contribution in [0.4, 0.5) is 0 Å². The van der Waals surface area contributed by atoms with Crippen molar-refractivity contribution in [1.29, 1.82) is 0 Å². The molecule has 90 valence electrons. The number of ether oxygens (including phenoxy) is 2. The van der Waals surface area contributed by atoms with E-state index in [2.05, 4.69) is 5.43 Å². The van der Waals surface area contributed by atoms with Gasteiger partial charge in [0.1, 0.15) is 0 Å². The number of nitrogens with one attached hydrogen (secondary N) is 1. The normalized spacial score (nSPS) is 19.6. The number of rotatable bonds is 1. The maximum atomic E-state index is 11.4. The molecule has 1 aliphatic carbocycles. The van der Waals surface area contributed by atoms with Gasteiger partial charge in [-0.1, -0.05) is 0 Å². The molecule has 3 rings (SSSR count). The summed E-state index contributed by atoms with van der Waals surface area (Å²) < 4.78 is 11.4. The third kappa shape index (κ3) is 1.82. The fourth-order valence-corrected chi connectivity index (χ4v) is 1.93. The van der Waals surface area contributed by atoms with Crippen molar-refractivity contribution in [2.24, 2.45) is 11.3 Å². The van der Waals surface area contributed by atoms with E-state index in [1.54, 1.807) is 18.2 Å². The number of nitrogens with two attached hydrogens (primary N) is 1. The number of carbonyl (C=O) groups excluding carboxylic acids is 1. The van der Waals surface area contributed by atoms with Crippen molar-refractivity contribution in [2.45, 2.75) is 12.8 Å². The van der Waals surface area contributed by atoms with Crippen LogP contribution >= 0.6 is 0 Å². The molecule has 3 N–H and O–H groups in total. The molecule has 0 bridgehead atoms. The van der Waals surface area contributed by atoms with Crippen molar-refractivity contribution in [1.82, 2.24) is 5.43 Å². The topological polar surface area (TPSA) is 73.6 Å². The third-order valence-electron chi connectivity index (χ3n) is 3.36. The summed E-state index contributed by atoms with van der Waals surface area (Å²) in [6, 6.07) is 5.09. The minimum absolute atomic E-state index is 0.204. The van der Waals surface area contributed by atoms with Gasteiger partial charge in [0.2, 0.25) is 0 Å². The van der Waals surface area contributed by atoms with Crippen molar-refractivity contribution in [3.05, 3.63) is 23.8 Å². The summed E-state index contributed by atoms with van der Waals surface area (Å²) >= 11 is 0. The van der Waals surface area contributed by atoms with Crippen LogP contribution in [0.3, 0.4) is 0 Å². The van der Waals surface area contributed by atoms with Gasteiger partial charge in [-0.25, -0.2) is 5.84 Å². The summed E-state index contributed by atoms with van der Waals surface area (Å²) in [7, 11) is 0. The number of amides is 1. The van der Waals surface area contributed by atoms with E-state index in [9.17, 15) is 4.79 Å².